The standard InChI is InChI=1S/C40H74N4O12S2/c1-5-47-23-11-7-9-19-43(21-15-41-17-25-48-6-2)37(45)13-31-57-58-32-14-38(46)44(20-10-8-12-24-49-35(3)55-33-39-51-27-28-52-39)22-16-42-18-26-50-36(4)56-34-40-53-29-30-54-40/h5-6,35-36,39-42H,1-2,7-34H2,3-4H3. The van der Waals surface area contributed by atoms with E-state index in [0.717, 1.165) is 38.5 Å². The molecule has 58 heavy (non-hydrogen) atoms. The highest BCUT2D eigenvalue weighted by Crippen LogP contribution is 2.23. The van der Waals surface area contributed by atoms with E-state index in [-0.39, 0.29) is 37.0 Å². The largest absolute Gasteiger partial charge is 0.502 e. The number of amides is 2. The molecular weight excluding hydrogens is 793 g/mol. The van der Waals surface area contributed by atoms with Gasteiger partial charge in [-0.05, 0) is 52.4 Å². The Bertz CT molecular complexity index is 972. The van der Waals surface area contributed by atoms with Crippen LogP contribution in [-0.4, -0.2) is 177 Å². The van der Waals surface area contributed by atoms with Gasteiger partial charge in [0.15, 0.2) is 25.2 Å². The van der Waals surface area contributed by atoms with E-state index >= 15 is 0 Å². The van der Waals surface area contributed by atoms with Crippen molar-refractivity contribution < 1.29 is 57.0 Å². The maximum Gasteiger partial charge on any atom is 0.223 e. The van der Waals surface area contributed by atoms with Crippen LogP contribution in [0.15, 0.2) is 25.7 Å². The molecular formula is C40H74N4O12S2. The molecule has 2 fully saturated rings. The van der Waals surface area contributed by atoms with Gasteiger partial charge in [0, 0.05) is 83.3 Å². The van der Waals surface area contributed by atoms with Crippen molar-refractivity contribution in [1.29, 1.82) is 0 Å². The Morgan fingerprint density at radius 2 is 1.05 bits per heavy atom. The average Bonchev–Trinajstić information content (AvgIpc) is 3.96. The van der Waals surface area contributed by atoms with Gasteiger partial charge in [0.2, 0.25) is 11.8 Å². The molecule has 0 aromatic carbocycles. The molecule has 2 rings (SSSR count). The quantitative estimate of drug-likeness (QED) is 0.0391. The summed E-state index contributed by atoms with van der Waals surface area (Å²) in [6.45, 7) is 21.5. The van der Waals surface area contributed by atoms with Gasteiger partial charge in [0.1, 0.15) is 13.2 Å². The molecule has 2 aliphatic heterocycles. The molecule has 0 bridgehead atoms. The molecule has 2 heterocycles. The molecule has 0 saturated carbocycles. The highest BCUT2D eigenvalue weighted by molar-refractivity contribution is 8.76. The molecule has 338 valence electrons. The van der Waals surface area contributed by atoms with Crippen LogP contribution in [-0.2, 0) is 57.0 Å². The molecule has 2 atom stereocenters. The second-order valence-electron chi connectivity index (χ2n) is 13.5. The third-order valence-electron chi connectivity index (χ3n) is 8.90. The van der Waals surface area contributed by atoms with Gasteiger partial charge in [-0.2, -0.15) is 0 Å². The predicted molar refractivity (Wildman–Crippen MR) is 227 cm³/mol. The summed E-state index contributed by atoms with van der Waals surface area (Å²) in [5.41, 5.74) is 0. The highest BCUT2D eigenvalue weighted by Gasteiger charge is 2.19. The first-order valence-corrected chi connectivity index (χ1v) is 23.5. The summed E-state index contributed by atoms with van der Waals surface area (Å²) in [6.07, 6.45) is 7.95. The van der Waals surface area contributed by atoms with Gasteiger partial charge in [-0.1, -0.05) is 34.7 Å². The first-order chi connectivity index (χ1) is 28.4. The summed E-state index contributed by atoms with van der Waals surface area (Å²) in [5.74, 6) is 1.65. The number of hydrogen-bond acceptors (Lipinski definition) is 16. The van der Waals surface area contributed by atoms with Crippen molar-refractivity contribution in [3.05, 3.63) is 25.7 Å². The van der Waals surface area contributed by atoms with E-state index in [1.165, 1.54) is 12.5 Å². The summed E-state index contributed by atoms with van der Waals surface area (Å²) < 4.78 is 54.8. The van der Waals surface area contributed by atoms with Crippen molar-refractivity contribution in [1.82, 2.24) is 20.4 Å². The number of hydrogen-bond donors (Lipinski definition) is 2. The summed E-state index contributed by atoms with van der Waals surface area (Å²) in [5, 5.41) is 6.71. The van der Waals surface area contributed by atoms with Gasteiger partial charge in [0.25, 0.3) is 0 Å². The minimum absolute atomic E-state index is 0.130. The Morgan fingerprint density at radius 3 is 1.55 bits per heavy atom. The van der Waals surface area contributed by atoms with E-state index in [9.17, 15) is 9.59 Å². The molecule has 0 aromatic rings. The van der Waals surface area contributed by atoms with Crippen molar-refractivity contribution in [2.75, 3.05) is 130 Å². The van der Waals surface area contributed by atoms with Crippen LogP contribution in [0.3, 0.4) is 0 Å². The SMILES string of the molecule is C=COCCCCCN(CCNCCOC=C)C(=O)CCSSCCC(=O)N(CCCCCOC(C)OCC1OCCO1)CCNCCOC(C)OCC1OCCO1. The van der Waals surface area contributed by atoms with Crippen molar-refractivity contribution in [3.63, 3.8) is 0 Å². The van der Waals surface area contributed by atoms with Gasteiger partial charge in [0.05, 0.1) is 58.8 Å². The van der Waals surface area contributed by atoms with E-state index in [4.69, 9.17) is 47.4 Å². The topological polar surface area (TPSA) is 157 Å². The number of ether oxygens (including phenoxy) is 10. The summed E-state index contributed by atoms with van der Waals surface area (Å²) in [4.78, 5) is 30.4. The van der Waals surface area contributed by atoms with Gasteiger partial charge >= 0.3 is 0 Å². The maximum atomic E-state index is 13.4. The number of nitrogens with one attached hydrogen (secondary N) is 2. The fourth-order valence-electron chi connectivity index (χ4n) is 5.71. The number of rotatable bonds is 41. The van der Waals surface area contributed by atoms with Gasteiger partial charge in [-0.25, -0.2) is 0 Å². The van der Waals surface area contributed by atoms with Crippen molar-refractivity contribution in [2.24, 2.45) is 0 Å². The van der Waals surface area contributed by atoms with Crippen LogP contribution in [0.2, 0.25) is 0 Å². The van der Waals surface area contributed by atoms with Gasteiger partial charge < -0.3 is 67.8 Å². The molecule has 0 aliphatic carbocycles. The molecule has 16 nitrogen and oxygen atoms in total. The minimum Gasteiger partial charge on any atom is -0.502 e. The van der Waals surface area contributed by atoms with Crippen LogP contribution in [0.5, 0.6) is 0 Å². The molecule has 0 aromatic heterocycles. The van der Waals surface area contributed by atoms with Gasteiger partial charge in [-0.15, -0.1) is 0 Å². The predicted octanol–water partition coefficient (Wildman–Crippen LogP) is 4.15. The van der Waals surface area contributed by atoms with Crippen molar-refractivity contribution >= 4 is 33.4 Å². The minimum atomic E-state index is -0.372. The zero-order chi connectivity index (χ0) is 41.7. The summed E-state index contributed by atoms with van der Waals surface area (Å²) in [6, 6.07) is 0. The summed E-state index contributed by atoms with van der Waals surface area (Å²) in [7, 11) is 3.30. The molecule has 0 spiro atoms. The Morgan fingerprint density at radius 1 is 0.603 bits per heavy atom. The second kappa shape index (κ2) is 37.1. The molecule has 2 unspecified atom stereocenters. The molecule has 0 radical (unpaired) electrons. The highest BCUT2D eigenvalue weighted by atomic mass is 33.1. The normalized spacial score (nSPS) is 15.7. The zero-order valence-electron chi connectivity index (χ0n) is 35.3. The fourth-order valence-corrected chi connectivity index (χ4v) is 7.67. The summed E-state index contributed by atoms with van der Waals surface area (Å²) >= 11 is 0. The van der Waals surface area contributed by atoms with E-state index in [1.54, 1.807) is 21.6 Å². The van der Waals surface area contributed by atoms with Crippen molar-refractivity contribution in [3.8, 4) is 0 Å². The lowest BCUT2D eigenvalue weighted by molar-refractivity contribution is -0.178. The van der Waals surface area contributed by atoms with Crippen LogP contribution in [0.25, 0.3) is 0 Å². The molecule has 2 saturated heterocycles. The maximum absolute atomic E-state index is 13.4. The number of nitrogens with zero attached hydrogens (tertiary/aromatic N) is 2. The van der Waals surface area contributed by atoms with Crippen LogP contribution in [0.4, 0.5) is 0 Å². The van der Waals surface area contributed by atoms with Crippen LogP contribution >= 0.6 is 21.6 Å². The monoisotopic (exact) mass is 866 g/mol. The number of unbranched alkanes of at least 4 members (excludes halogenated alkanes) is 4. The number of carbonyl (C=O) groups is 2. The van der Waals surface area contributed by atoms with E-state index in [2.05, 4.69) is 23.8 Å². The Kier molecular flexibility index (Phi) is 33.6. The Labute approximate surface area is 355 Å². The van der Waals surface area contributed by atoms with Crippen LogP contribution in [0.1, 0.15) is 65.2 Å². The van der Waals surface area contributed by atoms with Crippen LogP contribution < -0.4 is 10.6 Å². The zero-order valence-corrected chi connectivity index (χ0v) is 36.9. The molecule has 2 aliphatic rings. The third kappa shape index (κ3) is 28.7. The molecule has 18 heteroatoms. The molecule has 2 amide bonds. The smallest absolute Gasteiger partial charge is 0.223 e. The first-order valence-electron chi connectivity index (χ1n) is 21.0. The fraction of sp³-hybridized carbons (Fsp3) is 0.850. The lowest BCUT2D eigenvalue weighted by Gasteiger charge is -2.24. The lowest BCUT2D eigenvalue weighted by Crippen LogP contribution is -2.38. The molecule has 2 N–H and O–H groups in total. The van der Waals surface area contributed by atoms with Gasteiger partial charge in [-0.3, -0.25) is 9.59 Å². The van der Waals surface area contributed by atoms with E-state index in [1.807, 2.05) is 23.6 Å². The lowest BCUT2D eigenvalue weighted by atomic mass is 10.2. The Balaban J connectivity index is 1.69. The number of carbonyl (C=O) groups excluding carboxylic acids is 2. The third-order valence-corrected chi connectivity index (χ3v) is 11.3. The van der Waals surface area contributed by atoms with Crippen LogP contribution in [0, 0.1) is 0 Å². The van der Waals surface area contributed by atoms with E-state index in [0.29, 0.717) is 143 Å². The average molecular weight is 867 g/mol. The van der Waals surface area contributed by atoms with E-state index < -0.39 is 0 Å². The van der Waals surface area contributed by atoms with Crippen molar-refractivity contribution in [2.45, 2.75) is 90.4 Å². The Hall–Kier alpha value is -1.68. The first kappa shape index (κ1) is 52.5. The second-order valence-corrected chi connectivity index (χ2v) is 16.2.